The SMILES string of the molecule is CCc1cc(CC)n(-c2ccc([C@@H](C)N)cn2)n1. The standard InChI is InChI=1S/C14H20N4/c1-4-12-8-13(5-2)18(17-12)14-7-6-11(9-16-14)10(3)15/h6-10H,4-5,15H2,1-3H3/t10-/m1/s1. The number of hydrogen-bond donors (Lipinski definition) is 1. The second kappa shape index (κ2) is 5.31. The van der Waals surface area contributed by atoms with Gasteiger partial charge in [-0.3, -0.25) is 0 Å². The molecule has 0 fully saturated rings. The molecule has 2 N–H and O–H groups in total. The molecule has 0 aliphatic carbocycles. The van der Waals surface area contributed by atoms with Crippen LogP contribution < -0.4 is 5.73 Å². The van der Waals surface area contributed by atoms with E-state index in [9.17, 15) is 0 Å². The van der Waals surface area contributed by atoms with Crippen LogP contribution in [0.2, 0.25) is 0 Å². The number of aromatic nitrogens is 3. The van der Waals surface area contributed by atoms with E-state index in [4.69, 9.17) is 5.73 Å². The van der Waals surface area contributed by atoms with Crippen LogP contribution in [-0.4, -0.2) is 14.8 Å². The van der Waals surface area contributed by atoms with Crippen molar-refractivity contribution in [2.45, 2.75) is 39.7 Å². The Labute approximate surface area is 108 Å². The summed E-state index contributed by atoms with van der Waals surface area (Å²) in [5, 5.41) is 4.57. The molecule has 0 amide bonds. The molecule has 0 bridgehead atoms. The fourth-order valence-corrected chi connectivity index (χ4v) is 1.89. The van der Waals surface area contributed by atoms with Crippen molar-refractivity contribution in [2.75, 3.05) is 0 Å². The molecule has 4 nitrogen and oxygen atoms in total. The monoisotopic (exact) mass is 244 g/mol. The van der Waals surface area contributed by atoms with Gasteiger partial charge in [-0.1, -0.05) is 19.9 Å². The van der Waals surface area contributed by atoms with Crippen molar-refractivity contribution in [3.05, 3.63) is 41.3 Å². The van der Waals surface area contributed by atoms with Gasteiger partial charge in [-0.2, -0.15) is 5.10 Å². The largest absolute Gasteiger partial charge is 0.324 e. The Morgan fingerprint density at radius 1 is 1.28 bits per heavy atom. The molecule has 0 aliphatic heterocycles. The van der Waals surface area contributed by atoms with E-state index >= 15 is 0 Å². The smallest absolute Gasteiger partial charge is 0.153 e. The second-order valence-electron chi connectivity index (χ2n) is 4.48. The summed E-state index contributed by atoms with van der Waals surface area (Å²) in [5.41, 5.74) is 9.15. The summed E-state index contributed by atoms with van der Waals surface area (Å²) in [6, 6.07) is 6.14. The first kappa shape index (κ1) is 12.8. The summed E-state index contributed by atoms with van der Waals surface area (Å²) >= 11 is 0. The molecule has 0 aliphatic rings. The Hall–Kier alpha value is -1.68. The fraction of sp³-hybridized carbons (Fsp3) is 0.429. The molecule has 4 heteroatoms. The van der Waals surface area contributed by atoms with Crippen molar-refractivity contribution >= 4 is 0 Å². The zero-order valence-electron chi connectivity index (χ0n) is 11.2. The molecule has 2 rings (SSSR count). The molecular formula is C14H20N4. The van der Waals surface area contributed by atoms with Crippen LogP contribution in [0.1, 0.15) is 43.8 Å². The Kier molecular flexibility index (Phi) is 3.77. The lowest BCUT2D eigenvalue weighted by Crippen LogP contribution is -2.08. The van der Waals surface area contributed by atoms with Gasteiger partial charge in [-0.05, 0) is 37.5 Å². The maximum atomic E-state index is 5.82. The molecule has 2 heterocycles. The minimum atomic E-state index is 0.0148. The molecule has 0 aromatic carbocycles. The molecule has 1 atom stereocenters. The first-order valence-electron chi connectivity index (χ1n) is 6.45. The number of nitrogens with two attached hydrogens (primary N) is 1. The van der Waals surface area contributed by atoms with Crippen LogP contribution in [-0.2, 0) is 12.8 Å². The van der Waals surface area contributed by atoms with Gasteiger partial charge in [0, 0.05) is 17.9 Å². The van der Waals surface area contributed by atoms with Crippen molar-refractivity contribution in [1.29, 1.82) is 0 Å². The number of hydrogen-bond acceptors (Lipinski definition) is 3. The highest BCUT2D eigenvalue weighted by Gasteiger charge is 2.08. The van der Waals surface area contributed by atoms with E-state index in [-0.39, 0.29) is 6.04 Å². The summed E-state index contributed by atoms with van der Waals surface area (Å²) < 4.78 is 1.92. The molecule has 0 saturated heterocycles. The second-order valence-corrected chi connectivity index (χ2v) is 4.48. The minimum Gasteiger partial charge on any atom is -0.324 e. The van der Waals surface area contributed by atoms with Crippen LogP contribution in [0.5, 0.6) is 0 Å². The number of aryl methyl sites for hydroxylation is 2. The third kappa shape index (κ3) is 2.43. The Morgan fingerprint density at radius 3 is 2.56 bits per heavy atom. The Morgan fingerprint density at radius 2 is 2.06 bits per heavy atom. The third-order valence-electron chi connectivity index (χ3n) is 3.07. The fourth-order valence-electron chi connectivity index (χ4n) is 1.89. The number of rotatable bonds is 4. The molecule has 2 aromatic heterocycles. The lowest BCUT2D eigenvalue weighted by Gasteiger charge is -2.08. The van der Waals surface area contributed by atoms with Crippen molar-refractivity contribution in [1.82, 2.24) is 14.8 Å². The lowest BCUT2D eigenvalue weighted by atomic mass is 10.1. The van der Waals surface area contributed by atoms with Crippen molar-refractivity contribution < 1.29 is 0 Å². The first-order chi connectivity index (χ1) is 8.65. The summed E-state index contributed by atoms with van der Waals surface area (Å²) in [5.74, 6) is 0.857. The van der Waals surface area contributed by atoms with Gasteiger partial charge in [0.15, 0.2) is 5.82 Å². The van der Waals surface area contributed by atoms with Gasteiger partial charge in [0.1, 0.15) is 0 Å². The van der Waals surface area contributed by atoms with E-state index in [0.717, 1.165) is 29.9 Å². The molecule has 0 saturated carbocycles. The summed E-state index contributed by atoms with van der Waals surface area (Å²) in [7, 11) is 0. The molecule has 18 heavy (non-hydrogen) atoms. The summed E-state index contributed by atoms with van der Waals surface area (Å²) in [6.45, 7) is 6.19. The average molecular weight is 244 g/mol. The zero-order valence-corrected chi connectivity index (χ0v) is 11.2. The van der Waals surface area contributed by atoms with Crippen molar-refractivity contribution in [3.8, 4) is 5.82 Å². The quantitative estimate of drug-likeness (QED) is 0.898. The predicted molar refractivity (Wildman–Crippen MR) is 72.7 cm³/mol. The molecule has 0 spiro atoms. The van der Waals surface area contributed by atoms with Gasteiger partial charge in [0.2, 0.25) is 0 Å². The topological polar surface area (TPSA) is 56.7 Å². The molecule has 0 radical (unpaired) electrons. The van der Waals surface area contributed by atoms with Crippen LogP contribution in [0.4, 0.5) is 0 Å². The van der Waals surface area contributed by atoms with Gasteiger partial charge in [0.05, 0.1) is 5.69 Å². The maximum absolute atomic E-state index is 5.82. The Bertz CT molecular complexity index is 511. The molecule has 0 unspecified atom stereocenters. The highest BCUT2D eigenvalue weighted by molar-refractivity contribution is 5.29. The van der Waals surface area contributed by atoms with E-state index in [0.29, 0.717) is 0 Å². The van der Waals surface area contributed by atoms with Crippen LogP contribution in [0.15, 0.2) is 24.4 Å². The third-order valence-corrected chi connectivity index (χ3v) is 3.07. The minimum absolute atomic E-state index is 0.0148. The maximum Gasteiger partial charge on any atom is 0.153 e. The summed E-state index contributed by atoms with van der Waals surface area (Å²) in [4.78, 5) is 4.45. The van der Waals surface area contributed by atoms with Gasteiger partial charge in [-0.15, -0.1) is 0 Å². The molecular weight excluding hydrogens is 224 g/mol. The van der Waals surface area contributed by atoms with Gasteiger partial charge < -0.3 is 5.73 Å². The van der Waals surface area contributed by atoms with E-state index in [1.807, 2.05) is 29.9 Å². The first-order valence-corrected chi connectivity index (χ1v) is 6.45. The van der Waals surface area contributed by atoms with Gasteiger partial charge in [0.25, 0.3) is 0 Å². The number of nitrogens with zero attached hydrogens (tertiary/aromatic N) is 3. The highest BCUT2D eigenvalue weighted by atomic mass is 15.3. The van der Waals surface area contributed by atoms with Gasteiger partial charge in [-0.25, -0.2) is 9.67 Å². The predicted octanol–water partition coefficient (Wildman–Crippen LogP) is 2.41. The molecule has 2 aromatic rings. The average Bonchev–Trinajstić information content (AvgIpc) is 2.82. The van der Waals surface area contributed by atoms with Gasteiger partial charge >= 0.3 is 0 Å². The zero-order chi connectivity index (χ0) is 13.1. The van der Waals surface area contributed by atoms with E-state index in [1.54, 1.807) is 0 Å². The Balaban J connectivity index is 2.38. The van der Waals surface area contributed by atoms with E-state index in [1.165, 1.54) is 5.69 Å². The van der Waals surface area contributed by atoms with Crippen molar-refractivity contribution in [3.63, 3.8) is 0 Å². The normalized spacial score (nSPS) is 12.7. The van der Waals surface area contributed by atoms with E-state index < -0.39 is 0 Å². The highest BCUT2D eigenvalue weighted by Crippen LogP contribution is 2.14. The van der Waals surface area contributed by atoms with Crippen LogP contribution in [0.3, 0.4) is 0 Å². The lowest BCUT2D eigenvalue weighted by molar-refractivity contribution is 0.761. The molecule has 96 valence electrons. The van der Waals surface area contributed by atoms with Crippen LogP contribution in [0, 0.1) is 0 Å². The van der Waals surface area contributed by atoms with Crippen molar-refractivity contribution in [2.24, 2.45) is 5.73 Å². The van der Waals surface area contributed by atoms with Crippen LogP contribution >= 0.6 is 0 Å². The van der Waals surface area contributed by atoms with E-state index in [2.05, 4.69) is 30.0 Å². The van der Waals surface area contributed by atoms with Crippen LogP contribution in [0.25, 0.3) is 5.82 Å². The number of pyridine rings is 1. The summed E-state index contributed by atoms with van der Waals surface area (Å²) in [6.07, 6.45) is 3.72.